The van der Waals surface area contributed by atoms with Gasteiger partial charge in [-0.15, -0.1) is 0 Å². The Balaban J connectivity index is 2.37. The molecule has 94 valence electrons. The summed E-state index contributed by atoms with van der Waals surface area (Å²) in [5, 5.41) is 3.18. The van der Waals surface area contributed by atoms with Crippen LogP contribution in [0.15, 0.2) is 0 Å². The van der Waals surface area contributed by atoms with E-state index < -0.39 is 0 Å². The third-order valence-electron chi connectivity index (χ3n) is 2.68. The molecule has 1 N–H and O–H groups in total. The molecule has 3 unspecified atom stereocenters. The van der Waals surface area contributed by atoms with Crippen LogP contribution in [0, 0.1) is 5.92 Å². The van der Waals surface area contributed by atoms with Crippen LogP contribution in [0.4, 0.5) is 0 Å². The molecule has 0 aromatic carbocycles. The third-order valence-corrected chi connectivity index (χ3v) is 2.68. The summed E-state index contributed by atoms with van der Waals surface area (Å²) < 4.78 is 10.3. The molecule has 4 nitrogen and oxygen atoms in total. The topological polar surface area (TPSA) is 50.9 Å². The van der Waals surface area contributed by atoms with Gasteiger partial charge in [-0.1, -0.05) is 13.8 Å². The second kappa shape index (κ2) is 6.21. The molecule has 4 heteroatoms. The lowest BCUT2D eigenvalue weighted by atomic mass is 10.0. The monoisotopic (exact) mass is 229 g/mol. The number of hydrogen-bond acceptors (Lipinski definition) is 4. The third kappa shape index (κ3) is 4.49. The van der Waals surface area contributed by atoms with E-state index in [0.29, 0.717) is 12.5 Å². The Labute approximate surface area is 97.7 Å². The highest BCUT2D eigenvalue weighted by molar-refractivity contribution is 5.75. The van der Waals surface area contributed by atoms with Crippen LogP contribution in [0.25, 0.3) is 0 Å². The molecule has 1 rings (SSSR count). The number of epoxide rings is 1. The number of rotatable bonds is 7. The quantitative estimate of drug-likeness (QED) is 0.533. The van der Waals surface area contributed by atoms with Gasteiger partial charge in [0.25, 0.3) is 0 Å². The molecule has 3 atom stereocenters. The lowest BCUT2D eigenvalue weighted by Gasteiger charge is -2.17. The lowest BCUT2D eigenvalue weighted by Crippen LogP contribution is -2.40. The van der Waals surface area contributed by atoms with E-state index >= 15 is 0 Å². The van der Waals surface area contributed by atoms with E-state index in [9.17, 15) is 4.79 Å². The van der Waals surface area contributed by atoms with Crippen molar-refractivity contribution in [2.24, 2.45) is 5.92 Å². The summed E-state index contributed by atoms with van der Waals surface area (Å²) in [6.07, 6.45) is 2.07. The van der Waals surface area contributed by atoms with E-state index in [2.05, 4.69) is 19.2 Å². The van der Waals surface area contributed by atoms with Crippen molar-refractivity contribution in [3.63, 3.8) is 0 Å². The minimum Gasteiger partial charge on any atom is -0.465 e. The van der Waals surface area contributed by atoms with Crippen LogP contribution >= 0.6 is 0 Å². The summed E-state index contributed by atoms with van der Waals surface area (Å²) in [6.45, 7) is 8.55. The Morgan fingerprint density at radius 3 is 2.50 bits per heavy atom. The molecule has 0 radical (unpaired) electrons. The molecule has 1 heterocycles. The minimum absolute atomic E-state index is 0.0292. The van der Waals surface area contributed by atoms with Gasteiger partial charge in [-0.25, -0.2) is 0 Å². The van der Waals surface area contributed by atoms with Crippen molar-refractivity contribution in [3.05, 3.63) is 0 Å². The maximum atomic E-state index is 11.7. The molecule has 0 aromatic heterocycles. The van der Waals surface area contributed by atoms with Crippen molar-refractivity contribution >= 4 is 5.97 Å². The van der Waals surface area contributed by atoms with Gasteiger partial charge in [-0.05, 0) is 32.6 Å². The van der Waals surface area contributed by atoms with Crippen LogP contribution in [-0.2, 0) is 14.3 Å². The molecular formula is C12H23NO3. The number of carbonyl (C=O) groups excluding carboxylic acids is 1. The molecule has 0 spiro atoms. The first-order valence-electron chi connectivity index (χ1n) is 6.12. The average Bonchev–Trinajstić information content (AvgIpc) is 2.89. The van der Waals surface area contributed by atoms with Crippen molar-refractivity contribution in [2.75, 3.05) is 6.61 Å². The van der Waals surface area contributed by atoms with E-state index in [1.165, 1.54) is 0 Å². The maximum absolute atomic E-state index is 11.7. The van der Waals surface area contributed by atoms with Gasteiger partial charge in [-0.3, -0.25) is 10.1 Å². The zero-order chi connectivity index (χ0) is 12.1. The number of hydrogen-bond donors (Lipinski definition) is 1. The zero-order valence-corrected chi connectivity index (χ0v) is 10.7. The van der Waals surface area contributed by atoms with E-state index in [1.807, 2.05) is 13.8 Å². The highest BCUT2D eigenvalue weighted by atomic mass is 16.6. The summed E-state index contributed by atoms with van der Waals surface area (Å²) in [5.74, 6) is 0.433. The predicted molar refractivity (Wildman–Crippen MR) is 62.0 cm³/mol. The standard InChI is InChI=1S/C12H23NO3/c1-5-15-12(14)10(7-6-8(2)3)13-11-9(4)16-11/h8-11,13H,5-7H2,1-4H3. The van der Waals surface area contributed by atoms with Crippen molar-refractivity contribution in [2.45, 2.75) is 58.9 Å². The van der Waals surface area contributed by atoms with Crippen LogP contribution in [0.1, 0.15) is 40.5 Å². The summed E-state index contributed by atoms with van der Waals surface area (Å²) in [7, 11) is 0. The molecule has 1 fully saturated rings. The van der Waals surface area contributed by atoms with Gasteiger partial charge in [0.05, 0.1) is 12.7 Å². The molecule has 0 amide bonds. The molecule has 1 aliphatic heterocycles. The summed E-state index contributed by atoms with van der Waals surface area (Å²) in [6, 6.07) is -0.225. The van der Waals surface area contributed by atoms with Gasteiger partial charge < -0.3 is 9.47 Å². The molecular weight excluding hydrogens is 206 g/mol. The SMILES string of the molecule is CCOC(=O)C(CCC(C)C)NC1OC1C. The second-order valence-corrected chi connectivity index (χ2v) is 4.70. The molecule has 16 heavy (non-hydrogen) atoms. The highest BCUT2D eigenvalue weighted by Crippen LogP contribution is 2.20. The van der Waals surface area contributed by atoms with Gasteiger partial charge in [0.15, 0.2) is 0 Å². The smallest absolute Gasteiger partial charge is 0.323 e. The first-order valence-corrected chi connectivity index (χ1v) is 6.12. The normalized spacial score (nSPS) is 25.6. The highest BCUT2D eigenvalue weighted by Gasteiger charge is 2.37. The summed E-state index contributed by atoms with van der Waals surface area (Å²) in [5.41, 5.74) is 0. The maximum Gasteiger partial charge on any atom is 0.323 e. The Morgan fingerprint density at radius 2 is 2.06 bits per heavy atom. The zero-order valence-electron chi connectivity index (χ0n) is 10.7. The fourth-order valence-corrected chi connectivity index (χ4v) is 1.57. The Morgan fingerprint density at radius 1 is 1.44 bits per heavy atom. The Kier molecular flexibility index (Phi) is 5.22. The van der Waals surface area contributed by atoms with Crippen LogP contribution in [0.5, 0.6) is 0 Å². The molecule has 1 saturated heterocycles. The Hall–Kier alpha value is -0.610. The number of carbonyl (C=O) groups is 1. The van der Waals surface area contributed by atoms with Crippen LogP contribution in [0.3, 0.4) is 0 Å². The van der Waals surface area contributed by atoms with Gasteiger partial charge in [0.1, 0.15) is 12.3 Å². The number of nitrogens with one attached hydrogen (secondary N) is 1. The lowest BCUT2D eigenvalue weighted by molar-refractivity contribution is -0.146. The van der Waals surface area contributed by atoms with E-state index in [4.69, 9.17) is 9.47 Å². The van der Waals surface area contributed by atoms with Crippen LogP contribution < -0.4 is 5.32 Å². The van der Waals surface area contributed by atoms with Gasteiger partial charge in [0.2, 0.25) is 0 Å². The van der Waals surface area contributed by atoms with Gasteiger partial charge >= 0.3 is 5.97 Å². The molecule has 0 aromatic rings. The van der Waals surface area contributed by atoms with Gasteiger partial charge in [0, 0.05) is 0 Å². The fourth-order valence-electron chi connectivity index (χ4n) is 1.57. The first-order chi connectivity index (χ1) is 7.54. The van der Waals surface area contributed by atoms with Crippen LogP contribution in [0.2, 0.25) is 0 Å². The van der Waals surface area contributed by atoms with Crippen molar-refractivity contribution < 1.29 is 14.3 Å². The average molecular weight is 229 g/mol. The summed E-state index contributed by atoms with van der Waals surface area (Å²) in [4.78, 5) is 11.7. The van der Waals surface area contributed by atoms with E-state index in [-0.39, 0.29) is 24.3 Å². The van der Waals surface area contributed by atoms with Crippen molar-refractivity contribution in [3.8, 4) is 0 Å². The molecule has 0 saturated carbocycles. The predicted octanol–water partition coefficient (Wildman–Crippen LogP) is 1.69. The van der Waals surface area contributed by atoms with Crippen molar-refractivity contribution in [1.29, 1.82) is 0 Å². The van der Waals surface area contributed by atoms with Gasteiger partial charge in [-0.2, -0.15) is 0 Å². The number of ether oxygens (including phenoxy) is 2. The minimum atomic E-state index is -0.225. The largest absolute Gasteiger partial charge is 0.465 e. The number of esters is 1. The molecule has 0 bridgehead atoms. The van der Waals surface area contributed by atoms with Crippen molar-refractivity contribution in [1.82, 2.24) is 5.32 Å². The van der Waals surface area contributed by atoms with Crippen LogP contribution in [-0.4, -0.2) is 30.9 Å². The fraction of sp³-hybridized carbons (Fsp3) is 0.917. The Bertz CT molecular complexity index is 230. The molecule has 1 aliphatic rings. The molecule has 0 aliphatic carbocycles. The first kappa shape index (κ1) is 13.5. The second-order valence-electron chi connectivity index (χ2n) is 4.70. The van der Waals surface area contributed by atoms with E-state index in [1.54, 1.807) is 0 Å². The summed E-state index contributed by atoms with van der Waals surface area (Å²) >= 11 is 0. The van der Waals surface area contributed by atoms with E-state index in [0.717, 1.165) is 12.8 Å².